The normalized spacial score (nSPS) is 33.0. The zero-order valence-electron chi connectivity index (χ0n) is 15.0. The number of hydrogen-bond donors (Lipinski definition) is 1. The van der Waals surface area contributed by atoms with Crippen LogP contribution in [-0.4, -0.2) is 48.4 Å². The van der Waals surface area contributed by atoms with Crippen molar-refractivity contribution in [2.24, 2.45) is 17.3 Å². The van der Waals surface area contributed by atoms with Crippen LogP contribution in [0.1, 0.15) is 20.3 Å². The molecule has 0 aromatic carbocycles. The Labute approximate surface area is 152 Å². The Balaban J connectivity index is 2.46. The second-order valence-corrected chi connectivity index (χ2v) is 6.78. The van der Waals surface area contributed by atoms with Crippen LogP contribution in [0.5, 0.6) is 0 Å². The third-order valence-electron chi connectivity index (χ3n) is 5.11. The molecule has 1 heterocycles. The number of ether oxygens (including phenoxy) is 3. The topological polar surface area (TPSA) is 99.1 Å². The molecule has 0 radical (unpaired) electrons. The van der Waals surface area contributed by atoms with Crippen LogP contribution in [0, 0.1) is 17.3 Å². The maximum absolute atomic E-state index is 12.1. The van der Waals surface area contributed by atoms with Crippen molar-refractivity contribution in [1.29, 1.82) is 0 Å². The second kappa shape index (κ2) is 7.45. The van der Waals surface area contributed by atoms with Crippen molar-refractivity contribution in [3.63, 3.8) is 0 Å². The number of rotatable bonds is 6. The zero-order valence-corrected chi connectivity index (χ0v) is 15.0. The molecule has 1 saturated heterocycles. The summed E-state index contributed by atoms with van der Waals surface area (Å²) in [4.78, 5) is 34.8. The predicted molar refractivity (Wildman–Crippen MR) is 91.7 cm³/mol. The quantitative estimate of drug-likeness (QED) is 0.328. The van der Waals surface area contributed by atoms with Gasteiger partial charge in [-0.3, -0.25) is 9.59 Å². The fourth-order valence-electron chi connectivity index (χ4n) is 3.96. The highest BCUT2D eigenvalue weighted by Crippen LogP contribution is 2.53. The maximum Gasteiger partial charge on any atom is 0.334 e. The molecule has 2 rings (SSSR count). The van der Waals surface area contributed by atoms with E-state index in [1.165, 1.54) is 13.8 Å². The van der Waals surface area contributed by atoms with E-state index in [0.717, 1.165) is 0 Å². The number of aliphatic hydroxyl groups is 1. The van der Waals surface area contributed by atoms with Gasteiger partial charge in [-0.15, -0.1) is 6.58 Å². The van der Waals surface area contributed by atoms with Gasteiger partial charge in [0.05, 0.1) is 12.5 Å². The van der Waals surface area contributed by atoms with Gasteiger partial charge in [0.1, 0.15) is 18.8 Å². The van der Waals surface area contributed by atoms with E-state index in [-0.39, 0.29) is 25.2 Å². The van der Waals surface area contributed by atoms with Crippen molar-refractivity contribution in [3.05, 3.63) is 37.0 Å². The number of hydrogen-bond acceptors (Lipinski definition) is 7. The minimum atomic E-state index is -0.955. The van der Waals surface area contributed by atoms with Gasteiger partial charge in [-0.25, -0.2) is 4.79 Å². The van der Waals surface area contributed by atoms with Gasteiger partial charge >= 0.3 is 17.9 Å². The first-order chi connectivity index (χ1) is 12.2. The minimum Gasteiger partial charge on any atom is -0.462 e. The first kappa shape index (κ1) is 19.9. The Morgan fingerprint density at radius 1 is 1.38 bits per heavy atom. The molecule has 142 valence electrons. The molecule has 2 aliphatic rings. The third kappa shape index (κ3) is 3.44. The van der Waals surface area contributed by atoms with Crippen molar-refractivity contribution in [2.45, 2.75) is 32.5 Å². The van der Waals surface area contributed by atoms with Crippen LogP contribution >= 0.6 is 0 Å². The van der Waals surface area contributed by atoms with Gasteiger partial charge in [0.2, 0.25) is 0 Å². The van der Waals surface area contributed by atoms with Gasteiger partial charge < -0.3 is 19.3 Å². The Hall–Kier alpha value is -2.41. The van der Waals surface area contributed by atoms with Crippen molar-refractivity contribution in [3.8, 4) is 0 Å². The fraction of sp³-hybridized carbons (Fsp3) is 0.526. The fourth-order valence-corrected chi connectivity index (χ4v) is 3.96. The molecule has 7 nitrogen and oxygen atoms in total. The summed E-state index contributed by atoms with van der Waals surface area (Å²) in [6, 6.07) is 0. The summed E-state index contributed by atoms with van der Waals surface area (Å²) in [5.74, 6) is -2.69. The van der Waals surface area contributed by atoms with E-state index >= 15 is 0 Å². The number of carbonyl (C=O) groups is 3. The summed E-state index contributed by atoms with van der Waals surface area (Å²) < 4.78 is 15.9. The molecule has 2 fully saturated rings. The van der Waals surface area contributed by atoms with E-state index in [1.807, 2.05) is 0 Å². The largest absolute Gasteiger partial charge is 0.462 e. The van der Waals surface area contributed by atoms with E-state index in [9.17, 15) is 19.5 Å². The molecular formula is C19H24O7. The molecule has 7 heteroatoms. The van der Waals surface area contributed by atoms with E-state index < -0.39 is 47.4 Å². The maximum atomic E-state index is 12.1. The summed E-state index contributed by atoms with van der Waals surface area (Å²) in [6.45, 7) is 13.7. The number of aliphatic hydroxyl groups excluding tert-OH is 1. The van der Waals surface area contributed by atoms with Gasteiger partial charge in [0.15, 0.2) is 0 Å². The monoisotopic (exact) mass is 364 g/mol. The van der Waals surface area contributed by atoms with Crippen molar-refractivity contribution >= 4 is 17.9 Å². The zero-order chi connectivity index (χ0) is 19.6. The van der Waals surface area contributed by atoms with Crippen molar-refractivity contribution < 1.29 is 33.7 Å². The van der Waals surface area contributed by atoms with Crippen LogP contribution in [0.15, 0.2) is 37.0 Å². The molecule has 0 aromatic heterocycles. The Kier molecular flexibility index (Phi) is 5.71. The molecule has 1 N–H and O–H groups in total. The lowest BCUT2D eigenvalue weighted by molar-refractivity contribution is -0.164. The molecule has 5 atom stereocenters. The predicted octanol–water partition coefficient (Wildman–Crippen LogP) is 1.32. The SMILES string of the molecule is C=C[C@]1(CO)C[C@H](OC(C)=O)[C@H]2C(=C)C(=O)O[C@@H]2[C@H]1C(=C)COC(C)=O. The summed E-state index contributed by atoms with van der Waals surface area (Å²) in [7, 11) is 0. The van der Waals surface area contributed by atoms with Crippen molar-refractivity contribution in [1.82, 2.24) is 0 Å². The Morgan fingerprint density at radius 2 is 2.04 bits per heavy atom. The van der Waals surface area contributed by atoms with E-state index in [1.54, 1.807) is 6.08 Å². The van der Waals surface area contributed by atoms with Crippen LogP contribution in [0.4, 0.5) is 0 Å². The molecule has 0 aromatic rings. The molecule has 0 bridgehead atoms. The first-order valence-corrected chi connectivity index (χ1v) is 8.29. The number of esters is 3. The number of carbonyl (C=O) groups excluding carboxylic acids is 3. The standard InChI is InChI=1S/C19H24O7/c1-6-19(9-20)7-14(25-13(5)22)15-11(3)18(23)26-17(15)16(19)10(2)8-24-12(4)21/h6,14-17,20H,1-3,7-9H2,4-5H3/t14-,15+,16+,17-,19+/m0/s1. The highest BCUT2D eigenvalue weighted by atomic mass is 16.6. The highest BCUT2D eigenvalue weighted by molar-refractivity contribution is 5.91. The van der Waals surface area contributed by atoms with Crippen molar-refractivity contribution in [2.75, 3.05) is 13.2 Å². The molecule has 0 spiro atoms. The minimum absolute atomic E-state index is 0.0823. The lowest BCUT2D eigenvalue weighted by Gasteiger charge is -2.49. The molecule has 1 saturated carbocycles. The second-order valence-electron chi connectivity index (χ2n) is 6.78. The average Bonchev–Trinajstić information content (AvgIpc) is 2.86. The lowest BCUT2D eigenvalue weighted by Crippen LogP contribution is -2.54. The van der Waals surface area contributed by atoms with E-state index in [2.05, 4.69) is 19.7 Å². The van der Waals surface area contributed by atoms with Crippen LogP contribution in [0.2, 0.25) is 0 Å². The molecule has 0 unspecified atom stereocenters. The van der Waals surface area contributed by atoms with Crippen LogP contribution in [0.25, 0.3) is 0 Å². The first-order valence-electron chi connectivity index (χ1n) is 8.29. The Morgan fingerprint density at radius 3 is 2.54 bits per heavy atom. The van der Waals surface area contributed by atoms with Crippen LogP contribution < -0.4 is 0 Å². The summed E-state index contributed by atoms with van der Waals surface area (Å²) in [5.41, 5.74) is -0.265. The molecule has 26 heavy (non-hydrogen) atoms. The van der Waals surface area contributed by atoms with Gasteiger partial charge in [-0.1, -0.05) is 19.2 Å². The van der Waals surface area contributed by atoms with Crippen LogP contribution in [-0.2, 0) is 28.6 Å². The van der Waals surface area contributed by atoms with Gasteiger partial charge in [0, 0.05) is 30.8 Å². The lowest BCUT2D eigenvalue weighted by atomic mass is 9.58. The van der Waals surface area contributed by atoms with E-state index in [0.29, 0.717) is 5.57 Å². The van der Waals surface area contributed by atoms with Crippen LogP contribution in [0.3, 0.4) is 0 Å². The van der Waals surface area contributed by atoms with E-state index in [4.69, 9.17) is 14.2 Å². The van der Waals surface area contributed by atoms with Gasteiger partial charge in [0.25, 0.3) is 0 Å². The smallest absolute Gasteiger partial charge is 0.334 e. The third-order valence-corrected chi connectivity index (χ3v) is 5.11. The van der Waals surface area contributed by atoms with Gasteiger partial charge in [-0.05, 0) is 12.0 Å². The Bertz CT molecular complexity index is 665. The molecular weight excluding hydrogens is 340 g/mol. The molecule has 1 aliphatic heterocycles. The molecule has 0 amide bonds. The van der Waals surface area contributed by atoms with Gasteiger partial charge in [-0.2, -0.15) is 0 Å². The molecule has 1 aliphatic carbocycles. The number of fused-ring (bicyclic) bond motifs is 1. The highest BCUT2D eigenvalue weighted by Gasteiger charge is 2.60. The summed E-state index contributed by atoms with van der Waals surface area (Å²) in [5, 5.41) is 10.1. The summed E-state index contributed by atoms with van der Waals surface area (Å²) >= 11 is 0. The average molecular weight is 364 g/mol. The summed E-state index contributed by atoms with van der Waals surface area (Å²) in [6.07, 6.45) is 0.325.